The number of primary sulfonamides is 1. The van der Waals surface area contributed by atoms with Crippen molar-refractivity contribution < 1.29 is 23.1 Å². The van der Waals surface area contributed by atoms with Gasteiger partial charge in [0.25, 0.3) is 5.91 Å². The zero-order valence-corrected chi connectivity index (χ0v) is 14.1. The molecule has 0 unspecified atom stereocenters. The minimum Gasteiger partial charge on any atom is -0.388 e. The van der Waals surface area contributed by atoms with Gasteiger partial charge < -0.3 is 15.2 Å². The average Bonchev–Trinajstić information content (AvgIpc) is 2.44. The third-order valence-electron chi connectivity index (χ3n) is 3.50. The maximum Gasteiger partial charge on any atom is 0.251 e. The van der Waals surface area contributed by atoms with Gasteiger partial charge in [0, 0.05) is 42.6 Å². The number of amides is 1. The Labute approximate surface area is 137 Å². The molecule has 0 radical (unpaired) electrons. The third-order valence-corrected chi connectivity index (χ3v) is 5.39. The lowest BCUT2D eigenvalue weighted by molar-refractivity contribution is -0.0605. The van der Waals surface area contributed by atoms with Crippen LogP contribution >= 0.6 is 15.9 Å². The molecule has 1 saturated heterocycles. The van der Waals surface area contributed by atoms with Crippen molar-refractivity contribution in [3.05, 3.63) is 28.2 Å². The molecule has 122 valence electrons. The summed E-state index contributed by atoms with van der Waals surface area (Å²) in [5.74, 6) is -0.401. The second-order valence-electron chi connectivity index (χ2n) is 5.21. The number of carbonyl (C=O) groups is 1. The predicted molar refractivity (Wildman–Crippen MR) is 82.9 cm³/mol. The molecule has 0 atom stereocenters. The van der Waals surface area contributed by atoms with Crippen LogP contribution in [0.2, 0.25) is 0 Å². The molecule has 4 N–H and O–H groups in total. The molecule has 1 fully saturated rings. The Hall–Kier alpha value is -1.00. The van der Waals surface area contributed by atoms with E-state index in [1.165, 1.54) is 18.2 Å². The highest BCUT2D eigenvalue weighted by Crippen LogP contribution is 2.23. The Morgan fingerprint density at radius 1 is 1.41 bits per heavy atom. The van der Waals surface area contributed by atoms with Crippen molar-refractivity contribution in [3.8, 4) is 0 Å². The molecule has 0 saturated carbocycles. The van der Waals surface area contributed by atoms with Crippen LogP contribution in [0.4, 0.5) is 0 Å². The number of carbonyl (C=O) groups excluding carboxylic acids is 1. The number of rotatable bonds is 4. The van der Waals surface area contributed by atoms with E-state index in [2.05, 4.69) is 21.2 Å². The van der Waals surface area contributed by atoms with Crippen molar-refractivity contribution in [3.63, 3.8) is 0 Å². The van der Waals surface area contributed by atoms with Gasteiger partial charge in [-0.1, -0.05) is 0 Å². The Morgan fingerprint density at radius 3 is 2.59 bits per heavy atom. The lowest BCUT2D eigenvalue weighted by atomic mass is 9.94. The molecule has 9 heteroatoms. The summed E-state index contributed by atoms with van der Waals surface area (Å²) in [5.41, 5.74) is -0.693. The van der Waals surface area contributed by atoms with Crippen LogP contribution in [0.15, 0.2) is 27.6 Å². The number of benzene rings is 1. The molecule has 1 aromatic carbocycles. The molecular formula is C13H17BrN2O5S. The third kappa shape index (κ3) is 4.26. The zero-order chi connectivity index (χ0) is 16.4. The number of hydrogen-bond acceptors (Lipinski definition) is 5. The fourth-order valence-corrected chi connectivity index (χ4v) is 3.79. The highest BCUT2D eigenvalue weighted by molar-refractivity contribution is 9.10. The van der Waals surface area contributed by atoms with Gasteiger partial charge in [-0.05, 0) is 34.1 Å². The largest absolute Gasteiger partial charge is 0.388 e. The van der Waals surface area contributed by atoms with Crippen LogP contribution in [-0.4, -0.2) is 44.8 Å². The zero-order valence-electron chi connectivity index (χ0n) is 11.7. The molecular weight excluding hydrogens is 376 g/mol. The standard InChI is InChI=1S/C13H17BrN2O5S/c14-10-7-9(1-2-11(10)22(15,19)20)12(17)16-8-13(18)3-5-21-6-4-13/h1-2,7,18H,3-6,8H2,(H,16,17)(H2,15,19,20). The van der Waals surface area contributed by atoms with E-state index in [1.54, 1.807) is 0 Å². The first kappa shape index (κ1) is 17.4. The van der Waals surface area contributed by atoms with Gasteiger partial charge in [0.15, 0.2) is 0 Å². The van der Waals surface area contributed by atoms with Crippen LogP contribution in [0.3, 0.4) is 0 Å². The average molecular weight is 393 g/mol. The molecule has 7 nitrogen and oxygen atoms in total. The van der Waals surface area contributed by atoms with Gasteiger partial charge in [-0.15, -0.1) is 0 Å². The van der Waals surface area contributed by atoms with Gasteiger partial charge in [-0.25, -0.2) is 13.6 Å². The van der Waals surface area contributed by atoms with Crippen LogP contribution in [0.25, 0.3) is 0 Å². The molecule has 0 aromatic heterocycles. The van der Waals surface area contributed by atoms with E-state index in [0.29, 0.717) is 26.1 Å². The highest BCUT2D eigenvalue weighted by atomic mass is 79.9. The van der Waals surface area contributed by atoms with Crippen molar-refractivity contribution in [1.82, 2.24) is 5.32 Å². The normalized spacial score (nSPS) is 18.0. The number of sulfonamides is 1. The Morgan fingerprint density at radius 2 is 2.05 bits per heavy atom. The van der Waals surface area contributed by atoms with E-state index >= 15 is 0 Å². The second-order valence-corrected chi connectivity index (χ2v) is 7.59. The van der Waals surface area contributed by atoms with Crippen molar-refractivity contribution in [2.24, 2.45) is 5.14 Å². The number of halogens is 1. The summed E-state index contributed by atoms with van der Waals surface area (Å²) in [5, 5.41) is 18.0. The minimum absolute atomic E-state index is 0.0906. The van der Waals surface area contributed by atoms with Crippen LogP contribution in [-0.2, 0) is 14.8 Å². The summed E-state index contributed by atoms with van der Waals surface area (Å²) >= 11 is 3.08. The van der Waals surface area contributed by atoms with Gasteiger partial charge in [0.2, 0.25) is 10.0 Å². The Bertz CT molecular complexity index is 671. The Kier molecular flexibility index (Phi) is 5.23. The first-order valence-electron chi connectivity index (χ1n) is 6.62. The van der Waals surface area contributed by atoms with Gasteiger partial charge >= 0.3 is 0 Å². The molecule has 2 rings (SSSR count). The van der Waals surface area contributed by atoms with Crippen LogP contribution in [0.1, 0.15) is 23.2 Å². The number of nitrogens with one attached hydrogen (secondary N) is 1. The molecule has 1 aliphatic heterocycles. The lowest BCUT2D eigenvalue weighted by Crippen LogP contribution is -2.46. The maximum absolute atomic E-state index is 12.1. The summed E-state index contributed by atoms with van der Waals surface area (Å²) in [4.78, 5) is 12.0. The van der Waals surface area contributed by atoms with E-state index in [0.717, 1.165) is 0 Å². The number of hydrogen-bond donors (Lipinski definition) is 3. The molecule has 22 heavy (non-hydrogen) atoms. The van der Waals surface area contributed by atoms with Crippen LogP contribution in [0.5, 0.6) is 0 Å². The number of ether oxygens (including phenoxy) is 1. The predicted octanol–water partition coefficient (Wildman–Crippen LogP) is 0.368. The maximum atomic E-state index is 12.1. The molecule has 0 spiro atoms. The lowest BCUT2D eigenvalue weighted by Gasteiger charge is -2.32. The topological polar surface area (TPSA) is 119 Å². The number of nitrogens with two attached hydrogens (primary N) is 1. The van der Waals surface area contributed by atoms with Crippen molar-refractivity contribution >= 4 is 31.9 Å². The highest BCUT2D eigenvalue weighted by Gasteiger charge is 2.30. The fraction of sp³-hybridized carbons (Fsp3) is 0.462. The van der Waals surface area contributed by atoms with E-state index in [-0.39, 0.29) is 21.5 Å². The number of aliphatic hydroxyl groups is 1. The van der Waals surface area contributed by atoms with Crippen molar-refractivity contribution in [1.29, 1.82) is 0 Å². The molecule has 1 heterocycles. The smallest absolute Gasteiger partial charge is 0.251 e. The van der Waals surface area contributed by atoms with E-state index < -0.39 is 21.5 Å². The quantitative estimate of drug-likeness (QED) is 0.683. The summed E-state index contributed by atoms with van der Waals surface area (Å²) in [7, 11) is -3.85. The second kappa shape index (κ2) is 6.63. The first-order chi connectivity index (χ1) is 10.2. The summed E-state index contributed by atoms with van der Waals surface area (Å²) in [6.07, 6.45) is 0.919. The monoisotopic (exact) mass is 392 g/mol. The summed E-state index contributed by atoms with van der Waals surface area (Å²) in [6, 6.07) is 4.01. The Balaban J connectivity index is 2.05. The SMILES string of the molecule is NS(=O)(=O)c1ccc(C(=O)NCC2(O)CCOCC2)cc1Br. The molecule has 1 aromatic rings. The van der Waals surface area contributed by atoms with Crippen LogP contribution in [0, 0.1) is 0 Å². The van der Waals surface area contributed by atoms with E-state index in [4.69, 9.17) is 9.88 Å². The minimum atomic E-state index is -3.85. The molecule has 0 bridgehead atoms. The van der Waals surface area contributed by atoms with Gasteiger partial charge in [0.05, 0.1) is 10.5 Å². The van der Waals surface area contributed by atoms with Crippen molar-refractivity contribution in [2.45, 2.75) is 23.3 Å². The first-order valence-corrected chi connectivity index (χ1v) is 8.96. The van der Waals surface area contributed by atoms with Gasteiger partial charge in [-0.2, -0.15) is 0 Å². The van der Waals surface area contributed by atoms with Crippen molar-refractivity contribution in [2.75, 3.05) is 19.8 Å². The molecule has 1 aliphatic rings. The van der Waals surface area contributed by atoms with Gasteiger partial charge in [0.1, 0.15) is 0 Å². The fourth-order valence-electron chi connectivity index (χ4n) is 2.15. The van der Waals surface area contributed by atoms with Gasteiger partial charge in [-0.3, -0.25) is 4.79 Å². The summed E-state index contributed by atoms with van der Waals surface area (Å²) < 4.78 is 28.0. The van der Waals surface area contributed by atoms with E-state index in [1.807, 2.05) is 0 Å². The summed E-state index contributed by atoms with van der Waals surface area (Å²) in [6.45, 7) is 1.03. The molecule has 0 aliphatic carbocycles. The molecule has 1 amide bonds. The van der Waals surface area contributed by atoms with E-state index in [9.17, 15) is 18.3 Å². The van der Waals surface area contributed by atoms with Crippen LogP contribution < -0.4 is 10.5 Å².